The van der Waals surface area contributed by atoms with Gasteiger partial charge in [-0.1, -0.05) is 58.8 Å². The number of halogens is 5. The monoisotopic (exact) mass is 734 g/mol. The van der Waals surface area contributed by atoms with E-state index in [0.29, 0.717) is 27.5 Å². The summed E-state index contributed by atoms with van der Waals surface area (Å²) in [7, 11) is 1.39. The number of rotatable bonds is 10. The number of alkyl halides is 3. The van der Waals surface area contributed by atoms with Crippen LogP contribution in [0, 0.1) is 0 Å². The van der Waals surface area contributed by atoms with Crippen LogP contribution < -0.4 is 24.4 Å². The molecule has 0 saturated carbocycles. The normalized spacial score (nSPS) is 14.6. The van der Waals surface area contributed by atoms with Gasteiger partial charge in [-0.25, -0.2) is 14.6 Å². The molecule has 0 spiro atoms. The van der Waals surface area contributed by atoms with Gasteiger partial charge in [-0.2, -0.15) is 13.2 Å². The number of esters is 2. The molecular weight excluding hydrogens is 708 g/mol. The standard InChI is InChI=1S/C34H27Cl2F3N2O7S/c1-4-46-31(43)21-8-6-18(7-9-21)17-48-28-23(36)14-19(15-24(28)45-3)16-25-30(42)41-27(20-10-12-22(35)13-11-20)26(32(44)47-5-2)29(34(37,38)39)40-33(41)49-25/h6-16,27H,4-5,17H2,1-3H3/b25-16-/t27-/m1/s1. The van der Waals surface area contributed by atoms with Crippen molar-refractivity contribution in [3.63, 3.8) is 0 Å². The van der Waals surface area contributed by atoms with E-state index >= 15 is 0 Å². The number of fused-ring (bicyclic) bond motifs is 1. The SMILES string of the molecule is CCOC(=O)C1=C(C(F)(F)F)N=c2s/c(=C\c3cc(Cl)c(OCc4ccc(C(=O)OCC)cc4)c(OC)c3)c(=O)n2[C@@H]1c1ccc(Cl)cc1. The van der Waals surface area contributed by atoms with Crippen LogP contribution in [0.3, 0.4) is 0 Å². The molecule has 1 aliphatic rings. The molecule has 0 aliphatic carbocycles. The first kappa shape index (κ1) is 35.7. The smallest absolute Gasteiger partial charge is 0.434 e. The summed E-state index contributed by atoms with van der Waals surface area (Å²) >= 11 is 13.3. The average Bonchev–Trinajstić information content (AvgIpc) is 3.37. The Hall–Kier alpha value is -4.59. The highest BCUT2D eigenvalue weighted by atomic mass is 35.5. The van der Waals surface area contributed by atoms with Gasteiger partial charge in [0, 0.05) is 5.02 Å². The number of thiazole rings is 1. The van der Waals surface area contributed by atoms with E-state index in [4.69, 9.17) is 42.1 Å². The first-order valence-corrected chi connectivity index (χ1v) is 16.3. The average molecular weight is 736 g/mol. The Balaban J connectivity index is 1.55. The number of carbonyl (C=O) groups is 2. The van der Waals surface area contributed by atoms with E-state index in [1.165, 1.54) is 50.4 Å². The van der Waals surface area contributed by atoms with E-state index in [2.05, 4.69) is 4.99 Å². The summed E-state index contributed by atoms with van der Waals surface area (Å²) in [6, 6.07) is 13.9. The van der Waals surface area contributed by atoms with Crippen molar-refractivity contribution in [2.24, 2.45) is 4.99 Å². The van der Waals surface area contributed by atoms with E-state index in [1.54, 1.807) is 37.3 Å². The van der Waals surface area contributed by atoms with E-state index in [-0.39, 0.29) is 51.2 Å². The molecule has 0 fully saturated rings. The zero-order chi connectivity index (χ0) is 35.5. The fourth-order valence-corrected chi connectivity index (χ4v) is 6.42. The Morgan fingerprint density at radius 3 is 2.24 bits per heavy atom. The number of hydrogen-bond acceptors (Lipinski definition) is 9. The van der Waals surface area contributed by atoms with Crippen molar-refractivity contribution in [2.45, 2.75) is 32.7 Å². The maximum Gasteiger partial charge on any atom is 0.434 e. The number of aromatic nitrogens is 1. The lowest BCUT2D eigenvalue weighted by Gasteiger charge is -2.26. The number of nitrogens with zero attached hydrogens (tertiary/aromatic N) is 2. The van der Waals surface area contributed by atoms with E-state index in [0.717, 1.165) is 10.1 Å². The molecule has 2 heterocycles. The van der Waals surface area contributed by atoms with Crippen LogP contribution in [-0.4, -0.2) is 43.0 Å². The summed E-state index contributed by atoms with van der Waals surface area (Å²) in [5.41, 5.74) is -1.29. The lowest BCUT2D eigenvalue weighted by Crippen LogP contribution is -2.41. The van der Waals surface area contributed by atoms with Crippen LogP contribution in [0.4, 0.5) is 13.2 Å². The molecule has 9 nitrogen and oxygen atoms in total. The first-order chi connectivity index (χ1) is 23.4. The second kappa shape index (κ2) is 14.9. The Bertz CT molecular complexity index is 2110. The highest BCUT2D eigenvalue weighted by molar-refractivity contribution is 7.07. The van der Waals surface area contributed by atoms with E-state index in [9.17, 15) is 27.6 Å². The summed E-state index contributed by atoms with van der Waals surface area (Å²) in [4.78, 5) is 42.3. The van der Waals surface area contributed by atoms with Gasteiger partial charge >= 0.3 is 18.1 Å². The zero-order valence-electron chi connectivity index (χ0n) is 26.1. The summed E-state index contributed by atoms with van der Waals surface area (Å²) in [6.45, 7) is 3.31. The molecule has 49 heavy (non-hydrogen) atoms. The van der Waals surface area contributed by atoms with Gasteiger partial charge in [0.15, 0.2) is 22.0 Å². The molecule has 1 aromatic heterocycles. The largest absolute Gasteiger partial charge is 0.493 e. The minimum Gasteiger partial charge on any atom is -0.493 e. The topological polar surface area (TPSA) is 105 Å². The van der Waals surface area contributed by atoms with Crippen molar-refractivity contribution >= 4 is 52.6 Å². The van der Waals surface area contributed by atoms with Crippen molar-refractivity contribution in [1.29, 1.82) is 0 Å². The van der Waals surface area contributed by atoms with Crippen LogP contribution in [0.1, 0.15) is 46.9 Å². The molecular formula is C34H27Cl2F3N2O7S. The quantitative estimate of drug-likeness (QED) is 0.174. The third kappa shape index (κ3) is 7.69. The molecule has 15 heteroatoms. The minimum absolute atomic E-state index is 0.0119. The molecule has 0 amide bonds. The number of hydrogen-bond donors (Lipinski definition) is 0. The lowest BCUT2D eigenvalue weighted by atomic mass is 9.95. The number of methoxy groups -OCH3 is 1. The number of benzene rings is 3. The molecule has 1 aliphatic heterocycles. The van der Waals surface area contributed by atoms with Crippen LogP contribution in [0.5, 0.6) is 11.5 Å². The second-order valence-electron chi connectivity index (χ2n) is 10.4. The molecule has 0 N–H and O–H groups in total. The molecule has 0 unspecified atom stereocenters. The molecule has 0 radical (unpaired) electrons. The Morgan fingerprint density at radius 2 is 1.63 bits per heavy atom. The molecule has 0 bridgehead atoms. The number of ether oxygens (including phenoxy) is 4. The zero-order valence-corrected chi connectivity index (χ0v) is 28.4. The Kier molecular flexibility index (Phi) is 10.9. The van der Waals surface area contributed by atoms with Crippen LogP contribution in [0.15, 0.2) is 81.7 Å². The van der Waals surface area contributed by atoms with Gasteiger partial charge in [-0.15, -0.1) is 0 Å². The third-order valence-electron chi connectivity index (χ3n) is 7.18. The summed E-state index contributed by atoms with van der Waals surface area (Å²) in [6.07, 6.45) is -3.61. The van der Waals surface area contributed by atoms with Gasteiger partial charge in [0.2, 0.25) is 0 Å². The van der Waals surface area contributed by atoms with Crippen LogP contribution in [-0.2, 0) is 20.9 Å². The van der Waals surface area contributed by atoms with Gasteiger partial charge in [-0.05, 0) is 73.0 Å². The molecule has 0 saturated heterocycles. The van der Waals surface area contributed by atoms with Gasteiger partial charge in [0.1, 0.15) is 6.61 Å². The lowest BCUT2D eigenvalue weighted by molar-refractivity contribution is -0.140. The predicted octanol–water partition coefficient (Wildman–Crippen LogP) is 6.41. The molecule has 4 aromatic rings. The number of carbonyl (C=O) groups excluding carboxylic acids is 2. The number of allylic oxidation sites excluding steroid dienone is 1. The third-order valence-corrected chi connectivity index (χ3v) is 8.69. The van der Waals surface area contributed by atoms with Crippen molar-refractivity contribution < 1.29 is 41.7 Å². The summed E-state index contributed by atoms with van der Waals surface area (Å²) in [5, 5.41) is 0.434. The fourth-order valence-electron chi connectivity index (χ4n) is 5.02. The van der Waals surface area contributed by atoms with Gasteiger partial charge < -0.3 is 18.9 Å². The first-order valence-electron chi connectivity index (χ1n) is 14.7. The highest BCUT2D eigenvalue weighted by Crippen LogP contribution is 2.39. The van der Waals surface area contributed by atoms with Gasteiger partial charge in [-0.3, -0.25) is 9.36 Å². The second-order valence-corrected chi connectivity index (χ2v) is 12.2. The van der Waals surface area contributed by atoms with Gasteiger partial charge in [0.05, 0.1) is 47.1 Å². The predicted molar refractivity (Wildman–Crippen MR) is 177 cm³/mol. The van der Waals surface area contributed by atoms with Crippen molar-refractivity contribution in [3.8, 4) is 11.5 Å². The Morgan fingerprint density at radius 1 is 0.980 bits per heavy atom. The minimum atomic E-state index is -5.04. The van der Waals surface area contributed by atoms with E-state index < -0.39 is 41.0 Å². The summed E-state index contributed by atoms with van der Waals surface area (Å²) < 4.78 is 65.6. The Labute approximate surface area is 291 Å². The van der Waals surface area contributed by atoms with Crippen LogP contribution >= 0.6 is 34.5 Å². The van der Waals surface area contributed by atoms with E-state index in [1.807, 2.05) is 0 Å². The fraction of sp³-hybridized carbons (Fsp3) is 0.235. The van der Waals surface area contributed by atoms with Crippen molar-refractivity contribution in [3.05, 3.63) is 124 Å². The highest BCUT2D eigenvalue weighted by Gasteiger charge is 2.45. The molecule has 1 atom stereocenters. The van der Waals surface area contributed by atoms with Crippen molar-refractivity contribution in [1.82, 2.24) is 4.57 Å². The molecule has 3 aromatic carbocycles. The van der Waals surface area contributed by atoms with Gasteiger partial charge in [0.25, 0.3) is 5.56 Å². The maximum atomic E-state index is 14.4. The van der Waals surface area contributed by atoms with Crippen LogP contribution in [0.2, 0.25) is 10.0 Å². The van der Waals surface area contributed by atoms with Crippen molar-refractivity contribution in [2.75, 3.05) is 20.3 Å². The molecule has 256 valence electrons. The van der Waals surface area contributed by atoms with Crippen LogP contribution in [0.25, 0.3) is 6.08 Å². The molecule has 5 rings (SSSR count). The summed E-state index contributed by atoms with van der Waals surface area (Å²) in [5.74, 6) is -1.27. The maximum absolute atomic E-state index is 14.4.